The standard InChI is InChI=1S/C18H16N2O2/c1-3-12-4-9-16-15(10-12)18(22)20-17(19-16)14-7-5-13(6-8-14)11(2)21/h4-10H,3H2,1-2H3,(H,19,20,22). The Morgan fingerprint density at radius 2 is 1.86 bits per heavy atom. The first-order valence-corrected chi connectivity index (χ1v) is 7.23. The first kappa shape index (κ1) is 14.2. The number of aromatic nitrogens is 2. The van der Waals surface area contributed by atoms with E-state index >= 15 is 0 Å². The third-order valence-corrected chi connectivity index (χ3v) is 3.74. The number of aromatic amines is 1. The predicted molar refractivity (Wildman–Crippen MR) is 87.2 cm³/mol. The maximum absolute atomic E-state index is 12.3. The lowest BCUT2D eigenvalue weighted by Gasteiger charge is -2.05. The molecule has 4 heteroatoms. The Bertz CT molecular complexity index is 909. The van der Waals surface area contributed by atoms with Crippen molar-refractivity contribution in [2.24, 2.45) is 0 Å². The fraction of sp³-hybridized carbons (Fsp3) is 0.167. The van der Waals surface area contributed by atoms with E-state index in [1.807, 2.05) is 25.1 Å². The lowest BCUT2D eigenvalue weighted by molar-refractivity contribution is 0.101. The summed E-state index contributed by atoms with van der Waals surface area (Å²) in [6.07, 6.45) is 0.879. The molecule has 0 atom stereocenters. The molecule has 0 bridgehead atoms. The smallest absolute Gasteiger partial charge is 0.259 e. The monoisotopic (exact) mass is 292 g/mol. The quantitative estimate of drug-likeness (QED) is 0.753. The van der Waals surface area contributed by atoms with Gasteiger partial charge < -0.3 is 4.98 Å². The Labute approximate surface area is 127 Å². The summed E-state index contributed by atoms with van der Waals surface area (Å²) in [5.41, 5.74) is 3.05. The van der Waals surface area contributed by atoms with E-state index in [0.717, 1.165) is 17.5 Å². The summed E-state index contributed by atoms with van der Waals surface area (Å²) < 4.78 is 0. The Morgan fingerprint density at radius 1 is 1.14 bits per heavy atom. The number of hydrogen-bond donors (Lipinski definition) is 1. The highest BCUT2D eigenvalue weighted by atomic mass is 16.1. The van der Waals surface area contributed by atoms with Gasteiger partial charge >= 0.3 is 0 Å². The van der Waals surface area contributed by atoms with E-state index in [9.17, 15) is 9.59 Å². The molecule has 1 heterocycles. The van der Waals surface area contributed by atoms with E-state index in [-0.39, 0.29) is 11.3 Å². The highest BCUT2D eigenvalue weighted by molar-refractivity contribution is 5.94. The lowest BCUT2D eigenvalue weighted by Crippen LogP contribution is -2.10. The Morgan fingerprint density at radius 3 is 2.50 bits per heavy atom. The van der Waals surface area contributed by atoms with Crippen molar-refractivity contribution in [3.63, 3.8) is 0 Å². The number of Topliss-reactive ketones (excluding diaryl/α,β-unsaturated/α-hetero) is 1. The van der Waals surface area contributed by atoms with Gasteiger partial charge in [0.1, 0.15) is 5.82 Å². The molecule has 0 saturated carbocycles. The van der Waals surface area contributed by atoms with Gasteiger partial charge in [0.2, 0.25) is 0 Å². The molecule has 1 N–H and O–H groups in total. The van der Waals surface area contributed by atoms with Gasteiger partial charge in [-0.3, -0.25) is 9.59 Å². The van der Waals surface area contributed by atoms with Crippen molar-refractivity contribution in [1.29, 1.82) is 0 Å². The van der Waals surface area contributed by atoms with E-state index in [0.29, 0.717) is 22.3 Å². The number of carbonyl (C=O) groups is 1. The van der Waals surface area contributed by atoms with E-state index in [1.54, 1.807) is 24.3 Å². The molecule has 0 spiro atoms. The third kappa shape index (κ3) is 2.55. The molecule has 0 amide bonds. The molecule has 0 aliphatic carbocycles. The molecule has 3 aromatic rings. The number of fused-ring (bicyclic) bond motifs is 1. The molecule has 110 valence electrons. The molecular weight excluding hydrogens is 276 g/mol. The SMILES string of the molecule is CCc1ccc2nc(-c3ccc(C(C)=O)cc3)[nH]c(=O)c2c1. The summed E-state index contributed by atoms with van der Waals surface area (Å²) in [7, 11) is 0. The number of hydrogen-bond acceptors (Lipinski definition) is 3. The van der Waals surface area contributed by atoms with Crippen LogP contribution in [-0.4, -0.2) is 15.8 Å². The minimum atomic E-state index is -0.147. The Kier molecular flexibility index (Phi) is 3.59. The summed E-state index contributed by atoms with van der Waals surface area (Å²) in [4.78, 5) is 30.9. The second-order valence-corrected chi connectivity index (χ2v) is 5.25. The second kappa shape index (κ2) is 5.56. The number of H-pyrrole nitrogens is 1. The van der Waals surface area contributed by atoms with Crippen LogP contribution in [0.4, 0.5) is 0 Å². The Hall–Kier alpha value is -2.75. The fourth-order valence-corrected chi connectivity index (χ4v) is 2.41. The maximum atomic E-state index is 12.3. The van der Waals surface area contributed by atoms with E-state index in [4.69, 9.17) is 0 Å². The van der Waals surface area contributed by atoms with E-state index in [2.05, 4.69) is 9.97 Å². The van der Waals surface area contributed by atoms with Gasteiger partial charge in [-0.1, -0.05) is 37.3 Å². The zero-order valence-corrected chi connectivity index (χ0v) is 12.5. The number of benzene rings is 2. The van der Waals surface area contributed by atoms with Crippen LogP contribution in [0.2, 0.25) is 0 Å². The van der Waals surface area contributed by atoms with Crippen LogP contribution < -0.4 is 5.56 Å². The molecule has 0 aliphatic heterocycles. The fourth-order valence-electron chi connectivity index (χ4n) is 2.41. The van der Waals surface area contributed by atoms with Crippen molar-refractivity contribution in [1.82, 2.24) is 9.97 Å². The van der Waals surface area contributed by atoms with Crippen molar-refractivity contribution >= 4 is 16.7 Å². The van der Waals surface area contributed by atoms with Gasteiger partial charge in [0.25, 0.3) is 5.56 Å². The van der Waals surface area contributed by atoms with Crippen molar-refractivity contribution in [2.45, 2.75) is 20.3 Å². The summed E-state index contributed by atoms with van der Waals surface area (Å²) in [5, 5.41) is 0.600. The molecule has 0 saturated heterocycles. The number of nitrogens with one attached hydrogen (secondary N) is 1. The van der Waals surface area contributed by atoms with Crippen LogP contribution in [0.25, 0.3) is 22.3 Å². The van der Waals surface area contributed by atoms with Crippen molar-refractivity contribution in [3.05, 3.63) is 63.9 Å². The molecule has 0 radical (unpaired) electrons. The van der Waals surface area contributed by atoms with Gasteiger partial charge in [-0.15, -0.1) is 0 Å². The Balaban J connectivity index is 2.12. The highest BCUT2D eigenvalue weighted by Gasteiger charge is 2.07. The van der Waals surface area contributed by atoms with E-state index < -0.39 is 0 Å². The molecule has 4 nitrogen and oxygen atoms in total. The van der Waals surface area contributed by atoms with Crippen LogP contribution in [0.1, 0.15) is 29.8 Å². The van der Waals surface area contributed by atoms with Gasteiger partial charge in [-0.2, -0.15) is 0 Å². The molecule has 1 aromatic heterocycles. The molecule has 0 fully saturated rings. The normalized spacial score (nSPS) is 10.8. The maximum Gasteiger partial charge on any atom is 0.259 e. The molecule has 22 heavy (non-hydrogen) atoms. The lowest BCUT2D eigenvalue weighted by atomic mass is 10.1. The first-order chi connectivity index (χ1) is 10.6. The van der Waals surface area contributed by atoms with Crippen LogP contribution in [0.3, 0.4) is 0 Å². The number of ketones is 1. The van der Waals surface area contributed by atoms with Crippen molar-refractivity contribution in [2.75, 3.05) is 0 Å². The third-order valence-electron chi connectivity index (χ3n) is 3.74. The topological polar surface area (TPSA) is 62.8 Å². The summed E-state index contributed by atoms with van der Waals surface area (Å²) in [6.45, 7) is 3.57. The van der Waals surface area contributed by atoms with Crippen LogP contribution >= 0.6 is 0 Å². The average molecular weight is 292 g/mol. The van der Waals surface area contributed by atoms with E-state index in [1.165, 1.54) is 6.92 Å². The van der Waals surface area contributed by atoms with Crippen LogP contribution in [0, 0.1) is 0 Å². The van der Waals surface area contributed by atoms with Crippen molar-refractivity contribution < 1.29 is 4.79 Å². The first-order valence-electron chi connectivity index (χ1n) is 7.23. The second-order valence-electron chi connectivity index (χ2n) is 5.25. The average Bonchev–Trinajstić information content (AvgIpc) is 2.54. The van der Waals surface area contributed by atoms with Gasteiger partial charge in [0.15, 0.2) is 5.78 Å². The molecule has 2 aromatic carbocycles. The molecule has 0 aliphatic rings. The largest absolute Gasteiger partial charge is 0.306 e. The summed E-state index contributed by atoms with van der Waals surface area (Å²) in [6, 6.07) is 12.8. The minimum absolute atomic E-state index is 0.0126. The summed E-state index contributed by atoms with van der Waals surface area (Å²) in [5.74, 6) is 0.524. The molecular formula is C18H16N2O2. The number of carbonyl (C=O) groups excluding carboxylic acids is 1. The zero-order chi connectivity index (χ0) is 15.7. The number of nitrogens with zero attached hydrogens (tertiary/aromatic N) is 1. The van der Waals surface area contributed by atoms with Crippen molar-refractivity contribution in [3.8, 4) is 11.4 Å². The number of rotatable bonds is 3. The van der Waals surface area contributed by atoms with Crippen LogP contribution in [0.5, 0.6) is 0 Å². The molecule has 3 rings (SSSR count). The molecule has 0 unspecified atom stereocenters. The van der Waals surface area contributed by atoms with Gasteiger partial charge in [0.05, 0.1) is 10.9 Å². The van der Waals surface area contributed by atoms with Crippen LogP contribution in [-0.2, 0) is 6.42 Å². The minimum Gasteiger partial charge on any atom is -0.306 e. The van der Waals surface area contributed by atoms with Crippen LogP contribution in [0.15, 0.2) is 47.3 Å². The van der Waals surface area contributed by atoms with Gasteiger partial charge in [-0.25, -0.2) is 4.98 Å². The zero-order valence-electron chi connectivity index (χ0n) is 12.5. The predicted octanol–water partition coefficient (Wildman–Crippen LogP) is 3.36. The summed E-state index contributed by atoms with van der Waals surface area (Å²) >= 11 is 0. The van der Waals surface area contributed by atoms with Gasteiger partial charge in [-0.05, 0) is 31.0 Å². The van der Waals surface area contributed by atoms with Gasteiger partial charge in [0, 0.05) is 11.1 Å². The number of aryl methyl sites for hydroxylation is 1. The highest BCUT2D eigenvalue weighted by Crippen LogP contribution is 2.18.